The number of fused-ring (bicyclic) bond motifs is 1. The topological polar surface area (TPSA) is 84.7 Å². The molecular weight excluding hydrogens is 252 g/mol. The van der Waals surface area contributed by atoms with E-state index in [9.17, 15) is 4.79 Å². The molecule has 1 heterocycles. The van der Waals surface area contributed by atoms with Crippen molar-refractivity contribution >= 4 is 28.5 Å². The van der Waals surface area contributed by atoms with Crippen molar-refractivity contribution in [1.82, 2.24) is 9.55 Å². The minimum atomic E-state index is -0.381. The Labute approximate surface area is 109 Å². The number of imidazole rings is 1. The predicted octanol–water partition coefficient (Wildman–Crippen LogP) is 1.52. The lowest BCUT2D eigenvalue weighted by Crippen LogP contribution is -2.14. The molecule has 2 N–H and O–H groups in total. The van der Waals surface area contributed by atoms with E-state index >= 15 is 0 Å². The summed E-state index contributed by atoms with van der Waals surface area (Å²) in [5.74, 6) is 0.534. The number of halogens is 1. The Morgan fingerprint density at radius 1 is 1.56 bits per heavy atom. The molecule has 92 valence electrons. The molecule has 0 spiro atoms. The third-order valence-electron chi connectivity index (χ3n) is 2.66. The van der Waals surface area contributed by atoms with Gasteiger partial charge < -0.3 is 10.3 Å². The number of nitriles is 1. The van der Waals surface area contributed by atoms with Gasteiger partial charge in [0.25, 0.3) is 0 Å². The van der Waals surface area contributed by atoms with E-state index in [1.165, 1.54) is 0 Å². The first-order valence-corrected chi connectivity index (χ1v) is 5.92. The number of aryl methyl sites for hydroxylation is 1. The number of rotatable bonds is 4. The van der Waals surface area contributed by atoms with Gasteiger partial charge >= 0.3 is 0 Å². The van der Waals surface area contributed by atoms with Crippen LogP contribution in [0.1, 0.15) is 17.8 Å². The lowest BCUT2D eigenvalue weighted by atomic mass is 10.2. The summed E-state index contributed by atoms with van der Waals surface area (Å²) in [4.78, 5) is 15.2. The second-order valence-corrected chi connectivity index (χ2v) is 4.11. The van der Waals surface area contributed by atoms with Gasteiger partial charge in [0.05, 0.1) is 28.5 Å². The standard InChI is InChI=1S/C12H11ClN4O/c13-6-12-16-9-2-1-8(7-14)5-10(9)17(12)4-3-11(15)18/h1-2,5H,3-4,6H2,(H2,15,18). The molecule has 1 aromatic heterocycles. The van der Waals surface area contributed by atoms with Crippen LogP contribution in [0.5, 0.6) is 0 Å². The molecule has 0 fully saturated rings. The second-order valence-electron chi connectivity index (χ2n) is 3.84. The van der Waals surface area contributed by atoms with E-state index < -0.39 is 0 Å². The number of amides is 1. The minimum Gasteiger partial charge on any atom is -0.370 e. The van der Waals surface area contributed by atoms with Crippen LogP contribution in [0.15, 0.2) is 18.2 Å². The fourth-order valence-corrected chi connectivity index (χ4v) is 2.02. The molecule has 1 aromatic carbocycles. The van der Waals surface area contributed by atoms with E-state index in [0.29, 0.717) is 17.9 Å². The Morgan fingerprint density at radius 3 is 2.94 bits per heavy atom. The van der Waals surface area contributed by atoms with Crippen LogP contribution in [0.2, 0.25) is 0 Å². The normalized spacial score (nSPS) is 10.4. The quantitative estimate of drug-likeness (QED) is 0.848. The van der Waals surface area contributed by atoms with Crippen LogP contribution in [-0.4, -0.2) is 15.5 Å². The predicted molar refractivity (Wildman–Crippen MR) is 67.8 cm³/mol. The van der Waals surface area contributed by atoms with E-state index in [1.807, 2.05) is 4.57 Å². The summed E-state index contributed by atoms with van der Waals surface area (Å²) < 4.78 is 1.83. The maximum Gasteiger partial charge on any atom is 0.219 e. The molecule has 0 bridgehead atoms. The summed E-state index contributed by atoms with van der Waals surface area (Å²) in [7, 11) is 0. The van der Waals surface area contributed by atoms with Gasteiger partial charge in [-0.3, -0.25) is 4.79 Å². The van der Waals surface area contributed by atoms with Crippen molar-refractivity contribution in [2.24, 2.45) is 5.73 Å². The molecular formula is C12H11ClN4O. The molecule has 0 aliphatic rings. The van der Waals surface area contributed by atoms with Crippen LogP contribution < -0.4 is 5.73 Å². The molecule has 2 aromatic rings. The third kappa shape index (κ3) is 2.29. The number of aromatic nitrogens is 2. The molecule has 2 rings (SSSR count). The Morgan fingerprint density at radius 2 is 2.33 bits per heavy atom. The monoisotopic (exact) mass is 262 g/mol. The second kappa shape index (κ2) is 5.07. The molecule has 0 unspecified atom stereocenters. The first kappa shape index (κ1) is 12.4. The largest absolute Gasteiger partial charge is 0.370 e. The number of hydrogen-bond donors (Lipinski definition) is 1. The van der Waals surface area contributed by atoms with Gasteiger partial charge in [0, 0.05) is 13.0 Å². The van der Waals surface area contributed by atoms with Gasteiger partial charge in [0.2, 0.25) is 5.91 Å². The average molecular weight is 263 g/mol. The van der Waals surface area contributed by atoms with E-state index in [2.05, 4.69) is 11.1 Å². The van der Waals surface area contributed by atoms with Gasteiger partial charge in [0.1, 0.15) is 5.82 Å². The van der Waals surface area contributed by atoms with Crippen LogP contribution in [-0.2, 0) is 17.2 Å². The number of nitrogens with two attached hydrogens (primary N) is 1. The van der Waals surface area contributed by atoms with Crippen LogP contribution in [0.3, 0.4) is 0 Å². The molecule has 0 saturated heterocycles. The van der Waals surface area contributed by atoms with E-state index in [4.69, 9.17) is 22.6 Å². The van der Waals surface area contributed by atoms with E-state index in [-0.39, 0.29) is 18.2 Å². The van der Waals surface area contributed by atoms with Crippen molar-refractivity contribution in [1.29, 1.82) is 5.26 Å². The number of alkyl halides is 1. The van der Waals surface area contributed by atoms with Gasteiger partial charge in [-0.2, -0.15) is 5.26 Å². The highest BCUT2D eigenvalue weighted by Gasteiger charge is 2.11. The summed E-state index contributed by atoms with van der Waals surface area (Å²) in [5.41, 5.74) is 7.24. The fourth-order valence-electron chi connectivity index (χ4n) is 1.82. The van der Waals surface area contributed by atoms with Gasteiger partial charge in [0.15, 0.2) is 0 Å². The summed E-state index contributed by atoms with van der Waals surface area (Å²) in [6.07, 6.45) is 0.214. The van der Waals surface area contributed by atoms with Gasteiger partial charge in [-0.1, -0.05) is 0 Å². The third-order valence-corrected chi connectivity index (χ3v) is 2.90. The Balaban J connectivity index is 2.52. The lowest BCUT2D eigenvalue weighted by molar-refractivity contribution is -0.118. The highest BCUT2D eigenvalue weighted by atomic mass is 35.5. The highest BCUT2D eigenvalue weighted by molar-refractivity contribution is 6.16. The summed E-state index contributed by atoms with van der Waals surface area (Å²) in [6.45, 7) is 0.419. The smallest absolute Gasteiger partial charge is 0.219 e. The minimum absolute atomic E-state index is 0.214. The summed E-state index contributed by atoms with van der Waals surface area (Å²) in [5, 5.41) is 8.89. The number of carbonyl (C=O) groups excluding carboxylic acids is 1. The van der Waals surface area contributed by atoms with Gasteiger partial charge in [-0.15, -0.1) is 11.6 Å². The van der Waals surface area contributed by atoms with Crippen LogP contribution >= 0.6 is 11.6 Å². The van der Waals surface area contributed by atoms with Crippen LogP contribution in [0.4, 0.5) is 0 Å². The first-order valence-electron chi connectivity index (χ1n) is 5.39. The zero-order valence-corrected chi connectivity index (χ0v) is 10.3. The fraction of sp³-hybridized carbons (Fsp3) is 0.250. The SMILES string of the molecule is N#Cc1ccc2nc(CCl)n(CCC(N)=O)c2c1. The van der Waals surface area contributed by atoms with Crippen LogP contribution in [0.25, 0.3) is 11.0 Å². The molecule has 1 amide bonds. The Hall–Kier alpha value is -2.06. The lowest BCUT2D eigenvalue weighted by Gasteiger charge is -2.05. The van der Waals surface area contributed by atoms with Crippen molar-refractivity contribution in [3.63, 3.8) is 0 Å². The molecule has 0 aliphatic heterocycles. The van der Waals surface area contributed by atoms with Crippen molar-refractivity contribution < 1.29 is 4.79 Å². The van der Waals surface area contributed by atoms with E-state index in [0.717, 1.165) is 11.0 Å². The van der Waals surface area contributed by atoms with Crippen molar-refractivity contribution in [3.8, 4) is 6.07 Å². The summed E-state index contributed by atoms with van der Waals surface area (Å²) in [6, 6.07) is 7.28. The molecule has 0 atom stereocenters. The van der Waals surface area contributed by atoms with Crippen LogP contribution in [0, 0.1) is 11.3 Å². The first-order chi connectivity index (χ1) is 8.65. The average Bonchev–Trinajstić information content (AvgIpc) is 2.72. The van der Waals surface area contributed by atoms with Crippen molar-refractivity contribution in [2.75, 3.05) is 0 Å². The van der Waals surface area contributed by atoms with Crippen molar-refractivity contribution in [2.45, 2.75) is 18.8 Å². The zero-order valence-electron chi connectivity index (χ0n) is 9.56. The summed E-state index contributed by atoms with van der Waals surface area (Å²) >= 11 is 5.83. The number of hydrogen-bond acceptors (Lipinski definition) is 3. The molecule has 5 nitrogen and oxygen atoms in total. The maximum absolute atomic E-state index is 10.9. The molecule has 18 heavy (non-hydrogen) atoms. The number of carbonyl (C=O) groups is 1. The molecule has 0 radical (unpaired) electrons. The Bertz CT molecular complexity index is 641. The van der Waals surface area contributed by atoms with Crippen molar-refractivity contribution in [3.05, 3.63) is 29.6 Å². The number of benzene rings is 1. The molecule has 0 aliphatic carbocycles. The molecule has 6 heteroatoms. The van der Waals surface area contributed by atoms with Gasteiger partial charge in [-0.25, -0.2) is 4.98 Å². The zero-order chi connectivity index (χ0) is 13.1. The highest BCUT2D eigenvalue weighted by Crippen LogP contribution is 2.19. The Kier molecular flexibility index (Phi) is 3.49. The number of nitrogens with zero attached hydrogens (tertiary/aromatic N) is 3. The van der Waals surface area contributed by atoms with Gasteiger partial charge in [-0.05, 0) is 18.2 Å². The van der Waals surface area contributed by atoms with E-state index in [1.54, 1.807) is 18.2 Å². The maximum atomic E-state index is 10.9. The molecule has 0 saturated carbocycles. The number of primary amides is 1.